The summed E-state index contributed by atoms with van der Waals surface area (Å²) >= 11 is 0. The highest BCUT2D eigenvalue weighted by molar-refractivity contribution is 6.17. The van der Waals surface area contributed by atoms with E-state index in [1.807, 2.05) is 29.0 Å². The minimum Gasteiger partial charge on any atom is -0.492 e. The summed E-state index contributed by atoms with van der Waals surface area (Å²) < 4.78 is 17.0. The maximum Gasteiger partial charge on any atom is 0.345 e. The molecule has 0 amide bonds. The summed E-state index contributed by atoms with van der Waals surface area (Å²) in [5, 5.41) is 1.09. The molecule has 7 nitrogen and oxygen atoms in total. The van der Waals surface area contributed by atoms with Crippen molar-refractivity contribution in [1.82, 2.24) is 9.55 Å². The molecule has 0 N–H and O–H groups in total. The molecule has 0 saturated carbocycles. The molecule has 0 bridgehead atoms. The highest BCUT2D eigenvalue weighted by Gasteiger charge is 2.19. The molecule has 7 heteroatoms. The highest BCUT2D eigenvalue weighted by atomic mass is 16.5. The van der Waals surface area contributed by atoms with Gasteiger partial charge in [-0.1, -0.05) is 12.1 Å². The van der Waals surface area contributed by atoms with Crippen LogP contribution in [-0.4, -0.2) is 42.3 Å². The third-order valence-corrected chi connectivity index (χ3v) is 4.13. The zero-order valence-corrected chi connectivity index (χ0v) is 15.6. The summed E-state index contributed by atoms with van der Waals surface area (Å²) in [5.74, 6) is -0.821. The molecule has 0 aliphatic rings. The molecule has 0 unspecified atom stereocenters. The van der Waals surface area contributed by atoms with E-state index in [0.29, 0.717) is 24.5 Å². The number of hydrogen-bond donors (Lipinski definition) is 0. The summed E-state index contributed by atoms with van der Waals surface area (Å²) in [4.78, 5) is 27.8. The SMILES string of the molecule is COC(=O)C(=Cc1ccc(OCCn2ccc3cccnc32)cc1)C(=O)OC. The molecule has 2 aromatic heterocycles. The van der Waals surface area contributed by atoms with E-state index >= 15 is 0 Å². The van der Waals surface area contributed by atoms with Crippen molar-refractivity contribution >= 4 is 29.0 Å². The molecule has 3 aromatic rings. The van der Waals surface area contributed by atoms with Crippen molar-refractivity contribution < 1.29 is 23.8 Å². The minimum atomic E-state index is -0.750. The minimum absolute atomic E-state index is 0.175. The Kier molecular flexibility index (Phi) is 6.06. The second kappa shape index (κ2) is 8.85. The van der Waals surface area contributed by atoms with E-state index in [1.54, 1.807) is 30.5 Å². The number of carbonyl (C=O) groups is 2. The van der Waals surface area contributed by atoms with Crippen molar-refractivity contribution in [2.45, 2.75) is 6.54 Å². The van der Waals surface area contributed by atoms with Crippen molar-refractivity contribution in [2.24, 2.45) is 0 Å². The number of hydrogen-bond acceptors (Lipinski definition) is 6. The van der Waals surface area contributed by atoms with Crippen LogP contribution in [0.25, 0.3) is 17.1 Å². The van der Waals surface area contributed by atoms with Crippen molar-refractivity contribution in [3.8, 4) is 5.75 Å². The normalized spacial score (nSPS) is 10.4. The maximum atomic E-state index is 11.7. The van der Waals surface area contributed by atoms with E-state index in [4.69, 9.17) is 4.74 Å². The van der Waals surface area contributed by atoms with Crippen LogP contribution in [-0.2, 0) is 25.6 Å². The van der Waals surface area contributed by atoms with E-state index < -0.39 is 11.9 Å². The van der Waals surface area contributed by atoms with Gasteiger partial charge in [-0.15, -0.1) is 0 Å². The summed E-state index contributed by atoms with van der Waals surface area (Å²) in [6.07, 6.45) is 5.16. The lowest BCUT2D eigenvalue weighted by atomic mass is 10.1. The summed E-state index contributed by atoms with van der Waals surface area (Å²) in [7, 11) is 2.42. The van der Waals surface area contributed by atoms with E-state index in [9.17, 15) is 9.59 Å². The number of aromatic nitrogens is 2. The molecular formula is C21H20N2O5. The molecule has 0 spiro atoms. The Morgan fingerprint density at radius 3 is 2.43 bits per heavy atom. The molecular weight excluding hydrogens is 360 g/mol. The van der Waals surface area contributed by atoms with Crippen LogP contribution in [0.15, 0.2) is 60.4 Å². The Hall–Kier alpha value is -3.61. The van der Waals surface area contributed by atoms with Gasteiger partial charge in [0.2, 0.25) is 0 Å². The molecule has 2 heterocycles. The van der Waals surface area contributed by atoms with Gasteiger partial charge in [-0.2, -0.15) is 0 Å². The van der Waals surface area contributed by atoms with Gasteiger partial charge in [-0.3, -0.25) is 0 Å². The monoisotopic (exact) mass is 380 g/mol. The fourth-order valence-corrected chi connectivity index (χ4v) is 2.71. The van der Waals surface area contributed by atoms with Gasteiger partial charge in [0.15, 0.2) is 0 Å². The zero-order chi connectivity index (χ0) is 19.9. The summed E-state index contributed by atoms with van der Waals surface area (Å²) in [6.45, 7) is 1.14. The second-order valence-corrected chi connectivity index (χ2v) is 5.88. The Labute approximate surface area is 162 Å². The Balaban J connectivity index is 1.63. The van der Waals surface area contributed by atoms with Gasteiger partial charge in [-0.05, 0) is 42.0 Å². The van der Waals surface area contributed by atoms with Crippen LogP contribution in [0.1, 0.15) is 5.56 Å². The quantitative estimate of drug-likeness (QED) is 0.271. The molecule has 0 saturated heterocycles. The predicted molar refractivity (Wildman–Crippen MR) is 104 cm³/mol. The highest BCUT2D eigenvalue weighted by Crippen LogP contribution is 2.17. The molecule has 3 rings (SSSR count). The lowest BCUT2D eigenvalue weighted by Crippen LogP contribution is -2.15. The lowest BCUT2D eigenvalue weighted by molar-refractivity contribution is -0.143. The maximum absolute atomic E-state index is 11.7. The largest absolute Gasteiger partial charge is 0.492 e. The van der Waals surface area contributed by atoms with E-state index in [-0.39, 0.29) is 5.57 Å². The van der Waals surface area contributed by atoms with Gasteiger partial charge >= 0.3 is 11.9 Å². The summed E-state index contributed by atoms with van der Waals surface area (Å²) in [6, 6.07) is 13.0. The second-order valence-electron chi connectivity index (χ2n) is 5.88. The molecule has 28 heavy (non-hydrogen) atoms. The van der Waals surface area contributed by atoms with Crippen LogP contribution in [0, 0.1) is 0 Å². The predicted octanol–water partition coefficient (Wildman–Crippen LogP) is 2.84. The molecule has 0 aliphatic carbocycles. The molecule has 0 aliphatic heterocycles. The first kappa shape index (κ1) is 19.2. The van der Waals surface area contributed by atoms with Crippen molar-refractivity contribution in [1.29, 1.82) is 0 Å². The van der Waals surface area contributed by atoms with Gasteiger partial charge in [0.05, 0.1) is 20.8 Å². The number of esters is 2. The van der Waals surface area contributed by atoms with Crippen LogP contribution < -0.4 is 4.74 Å². The van der Waals surface area contributed by atoms with Crippen LogP contribution in [0.4, 0.5) is 0 Å². The Morgan fingerprint density at radius 2 is 1.75 bits per heavy atom. The number of pyridine rings is 1. The standard InChI is InChI=1S/C21H20N2O5/c1-26-20(24)18(21(25)27-2)14-15-5-7-17(8-6-15)28-13-12-23-11-9-16-4-3-10-22-19(16)23/h3-11,14H,12-13H2,1-2H3. The van der Waals surface area contributed by atoms with Crippen LogP contribution in [0.5, 0.6) is 5.75 Å². The van der Waals surface area contributed by atoms with Gasteiger partial charge in [-0.25, -0.2) is 14.6 Å². The first-order chi connectivity index (χ1) is 13.6. The Bertz CT molecular complexity index is 987. The average Bonchev–Trinajstić information content (AvgIpc) is 3.15. The number of nitrogens with zero attached hydrogens (tertiary/aromatic N) is 2. The van der Waals surface area contributed by atoms with E-state index in [2.05, 4.69) is 14.5 Å². The fraction of sp³-hybridized carbons (Fsp3) is 0.190. The van der Waals surface area contributed by atoms with Crippen molar-refractivity contribution in [2.75, 3.05) is 20.8 Å². The molecule has 0 atom stereocenters. The number of rotatable bonds is 7. The molecule has 144 valence electrons. The first-order valence-corrected chi connectivity index (χ1v) is 8.63. The van der Waals surface area contributed by atoms with Gasteiger partial charge in [0, 0.05) is 17.8 Å². The number of ether oxygens (including phenoxy) is 3. The number of carbonyl (C=O) groups excluding carboxylic acids is 2. The number of fused-ring (bicyclic) bond motifs is 1. The first-order valence-electron chi connectivity index (χ1n) is 8.63. The van der Waals surface area contributed by atoms with Crippen LogP contribution in [0.2, 0.25) is 0 Å². The fourth-order valence-electron chi connectivity index (χ4n) is 2.71. The van der Waals surface area contributed by atoms with Crippen LogP contribution >= 0.6 is 0 Å². The van der Waals surface area contributed by atoms with E-state index in [0.717, 1.165) is 11.0 Å². The van der Waals surface area contributed by atoms with Crippen LogP contribution in [0.3, 0.4) is 0 Å². The summed E-state index contributed by atoms with van der Waals surface area (Å²) in [5.41, 5.74) is 1.40. The number of benzene rings is 1. The van der Waals surface area contributed by atoms with Gasteiger partial charge in [0.25, 0.3) is 0 Å². The van der Waals surface area contributed by atoms with E-state index in [1.165, 1.54) is 20.3 Å². The van der Waals surface area contributed by atoms with Gasteiger partial charge < -0.3 is 18.8 Å². The molecule has 0 fully saturated rings. The smallest absolute Gasteiger partial charge is 0.345 e. The average molecular weight is 380 g/mol. The van der Waals surface area contributed by atoms with Gasteiger partial charge in [0.1, 0.15) is 23.6 Å². The lowest BCUT2D eigenvalue weighted by Gasteiger charge is -2.08. The van der Waals surface area contributed by atoms with Crippen molar-refractivity contribution in [3.05, 3.63) is 66.0 Å². The topological polar surface area (TPSA) is 79.7 Å². The zero-order valence-electron chi connectivity index (χ0n) is 15.6. The number of methoxy groups -OCH3 is 2. The third-order valence-electron chi connectivity index (χ3n) is 4.13. The van der Waals surface area contributed by atoms with Crippen molar-refractivity contribution in [3.63, 3.8) is 0 Å². The molecule has 0 radical (unpaired) electrons. The molecule has 1 aromatic carbocycles. The third kappa shape index (κ3) is 4.37. The Morgan fingerprint density at radius 1 is 1.04 bits per heavy atom.